The SMILES string of the molecule is C[C@@H](O)[C@@H](C(=O)O)[C@H]1CC(SCCN=CN)=C(C(O)O)N1. The van der Waals surface area contributed by atoms with Crippen LogP contribution in [0.2, 0.25) is 0 Å². The van der Waals surface area contributed by atoms with E-state index in [1.54, 1.807) is 0 Å². The van der Waals surface area contributed by atoms with Gasteiger partial charge in [0.15, 0.2) is 6.29 Å². The number of nitrogens with two attached hydrogens (primary N) is 1. The van der Waals surface area contributed by atoms with Gasteiger partial charge in [-0.25, -0.2) is 0 Å². The highest BCUT2D eigenvalue weighted by molar-refractivity contribution is 8.03. The molecular formula is C12H21N3O5S. The summed E-state index contributed by atoms with van der Waals surface area (Å²) in [5.74, 6) is -1.58. The van der Waals surface area contributed by atoms with Crippen molar-refractivity contribution in [1.82, 2.24) is 5.32 Å². The summed E-state index contributed by atoms with van der Waals surface area (Å²) in [5.41, 5.74) is 5.32. The van der Waals surface area contributed by atoms with Gasteiger partial charge in [-0.1, -0.05) is 0 Å². The number of rotatable bonds is 8. The van der Waals surface area contributed by atoms with Crippen LogP contribution in [-0.2, 0) is 4.79 Å². The van der Waals surface area contributed by atoms with Crippen LogP contribution in [0.4, 0.5) is 0 Å². The van der Waals surface area contributed by atoms with Crippen LogP contribution in [0, 0.1) is 5.92 Å². The minimum atomic E-state index is -1.71. The molecule has 0 bridgehead atoms. The van der Waals surface area contributed by atoms with E-state index in [9.17, 15) is 25.2 Å². The van der Waals surface area contributed by atoms with Crippen molar-refractivity contribution in [2.75, 3.05) is 12.3 Å². The predicted octanol–water partition coefficient (Wildman–Crippen LogP) is -1.33. The summed E-state index contributed by atoms with van der Waals surface area (Å²) >= 11 is 1.36. The summed E-state index contributed by atoms with van der Waals surface area (Å²) in [4.78, 5) is 15.7. The van der Waals surface area contributed by atoms with E-state index in [4.69, 9.17) is 5.73 Å². The molecule has 7 N–H and O–H groups in total. The number of hydrogen-bond donors (Lipinski definition) is 6. The number of aliphatic hydroxyl groups is 3. The van der Waals surface area contributed by atoms with Crippen LogP contribution in [0.25, 0.3) is 0 Å². The Balaban J connectivity index is 2.75. The summed E-state index contributed by atoms with van der Waals surface area (Å²) < 4.78 is 0. The summed E-state index contributed by atoms with van der Waals surface area (Å²) in [6.45, 7) is 1.87. The summed E-state index contributed by atoms with van der Waals surface area (Å²) in [6.07, 6.45) is -1.26. The van der Waals surface area contributed by atoms with E-state index in [1.165, 1.54) is 25.0 Å². The van der Waals surface area contributed by atoms with Crippen molar-refractivity contribution in [2.45, 2.75) is 31.8 Å². The second-order valence-corrected chi connectivity index (χ2v) is 5.86. The van der Waals surface area contributed by atoms with Gasteiger partial charge in [-0.2, -0.15) is 0 Å². The molecular weight excluding hydrogens is 298 g/mol. The number of nitrogens with one attached hydrogen (secondary N) is 1. The smallest absolute Gasteiger partial charge is 0.311 e. The fraction of sp³-hybridized carbons (Fsp3) is 0.667. The molecule has 0 amide bonds. The fourth-order valence-electron chi connectivity index (χ4n) is 2.22. The average Bonchev–Trinajstić information content (AvgIpc) is 2.77. The number of thioether (sulfide) groups is 1. The molecule has 1 aliphatic rings. The molecule has 120 valence electrons. The third-order valence-electron chi connectivity index (χ3n) is 3.15. The number of carbonyl (C=O) groups is 1. The molecule has 3 atom stereocenters. The Hall–Kier alpha value is -1.29. The Morgan fingerprint density at radius 2 is 2.24 bits per heavy atom. The van der Waals surface area contributed by atoms with Gasteiger partial charge in [0.25, 0.3) is 0 Å². The monoisotopic (exact) mass is 319 g/mol. The molecule has 0 spiro atoms. The van der Waals surface area contributed by atoms with Crippen LogP contribution < -0.4 is 11.1 Å². The topological polar surface area (TPSA) is 148 Å². The molecule has 1 rings (SSSR count). The summed E-state index contributed by atoms with van der Waals surface area (Å²) in [6, 6.07) is -0.584. The Labute approximate surface area is 126 Å². The fourth-order valence-corrected chi connectivity index (χ4v) is 3.28. The van der Waals surface area contributed by atoms with Crippen molar-refractivity contribution in [3.8, 4) is 0 Å². The molecule has 0 radical (unpaired) electrons. The molecule has 0 saturated heterocycles. The minimum Gasteiger partial charge on any atom is -0.481 e. The first-order valence-corrected chi connectivity index (χ1v) is 7.46. The molecule has 0 aromatic rings. The van der Waals surface area contributed by atoms with Gasteiger partial charge < -0.3 is 31.5 Å². The number of nitrogens with zero attached hydrogens (tertiary/aromatic N) is 1. The zero-order valence-corrected chi connectivity index (χ0v) is 12.5. The third kappa shape index (κ3) is 4.88. The molecule has 21 heavy (non-hydrogen) atoms. The second kappa shape index (κ2) is 8.23. The van der Waals surface area contributed by atoms with Crippen LogP contribution in [0.1, 0.15) is 13.3 Å². The maximum Gasteiger partial charge on any atom is 0.311 e. The van der Waals surface area contributed by atoms with E-state index < -0.39 is 30.3 Å². The lowest BCUT2D eigenvalue weighted by molar-refractivity contribution is -0.146. The maximum absolute atomic E-state index is 11.2. The van der Waals surface area contributed by atoms with Crippen LogP contribution in [0.5, 0.6) is 0 Å². The van der Waals surface area contributed by atoms with E-state index in [0.717, 1.165) is 0 Å². The van der Waals surface area contributed by atoms with E-state index in [1.807, 2.05) is 0 Å². The number of hydrogen-bond acceptors (Lipinski definition) is 7. The number of carboxylic acids is 1. The second-order valence-electron chi connectivity index (χ2n) is 4.67. The van der Waals surface area contributed by atoms with E-state index in [2.05, 4.69) is 10.3 Å². The lowest BCUT2D eigenvalue weighted by Crippen LogP contribution is -2.43. The van der Waals surface area contributed by atoms with E-state index >= 15 is 0 Å². The molecule has 0 fully saturated rings. The first-order chi connectivity index (χ1) is 9.88. The van der Waals surface area contributed by atoms with E-state index in [-0.39, 0.29) is 5.70 Å². The Bertz CT molecular complexity index is 425. The summed E-state index contributed by atoms with van der Waals surface area (Å²) in [7, 11) is 0. The molecule has 0 aromatic heterocycles. The molecule has 0 aromatic carbocycles. The third-order valence-corrected chi connectivity index (χ3v) is 4.27. The highest BCUT2D eigenvalue weighted by Gasteiger charge is 2.38. The van der Waals surface area contributed by atoms with Gasteiger partial charge in [0.05, 0.1) is 24.7 Å². The van der Waals surface area contributed by atoms with Crippen molar-refractivity contribution in [1.29, 1.82) is 0 Å². The number of carboxylic acid groups (broad SMARTS) is 1. The predicted molar refractivity (Wildman–Crippen MR) is 79.6 cm³/mol. The van der Waals surface area contributed by atoms with Crippen molar-refractivity contribution in [3.63, 3.8) is 0 Å². The Kier molecular flexibility index (Phi) is 6.96. The molecule has 0 saturated carbocycles. The van der Waals surface area contributed by atoms with Gasteiger partial charge in [0.2, 0.25) is 0 Å². The van der Waals surface area contributed by atoms with Crippen LogP contribution in [-0.4, -0.2) is 63.5 Å². The van der Waals surface area contributed by atoms with Crippen molar-refractivity contribution < 1.29 is 25.2 Å². The zero-order chi connectivity index (χ0) is 16.0. The Morgan fingerprint density at radius 1 is 1.57 bits per heavy atom. The first kappa shape index (κ1) is 17.8. The van der Waals surface area contributed by atoms with Gasteiger partial charge in [0.1, 0.15) is 5.92 Å². The summed E-state index contributed by atoms with van der Waals surface area (Å²) in [5, 5.41) is 40.3. The van der Waals surface area contributed by atoms with Crippen LogP contribution in [0.3, 0.4) is 0 Å². The number of aliphatic carboxylic acids is 1. The van der Waals surface area contributed by atoms with Crippen molar-refractivity contribution in [3.05, 3.63) is 10.6 Å². The molecule has 8 nitrogen and oxygen atoms in total. The van der Waals surface area contributed by atoms with Crippen molar-refractivity contribution in [2.24, 2.45) is 16.6 Å². The first-order valence-electron chi connectivity index (χ1n) is 6.47. The van der Waals surface area contributed by atoms with Gasteiger partial charge in [-0.05, 0) is 6.92 Å². The molecule has 9 heteroatoms. The van der Waals surface area contributed by atoms with Gasteiger partial charge in [-0.3, -0.25) is 9.79 Å². The number of aliphatic hydroxyl groups excluding tert-OH is 2. The maximum atomic E-state index is 11.2. The quantitative estimate of drug-likeness (QED) is 0.139. The highest BCUT2D eigenvalue weighted by Crippen LogP contribution is 2.34. The molecule has 1 aliphatic heterocycles. The average molecular weight is 319 g/mol. The lowest BCUT2D eigenvalue weighted by Gasteiger charge is -2.23. The zero-order valence-electron chi connectivity index (χ0n) is 11.6. The minimum absolute atomic E-state index is 0.189. The van der Waals surface area contributed by atoms with Crippen LogP contribution >= 0.6 is 11.8 Å². The van der Waals surface area contributed by atoms with Gasteiger partial charge >= 0.3 is 5.97 Å². The van der Waals surface area contributed by atoms with Crippen molar-refractivity contribution >= 4 is 24.1 Å². The number of aliphatic imine (C=N–C) groups is 1. The highest BCUT2D eigenvalue weighted by atomic mass is 32.2. The molecule has 1 heterocycles. The lowest BCUT2D eigenvalue weighted by atomic mass is 9.93. The molecule has 0 aliphatic carbocycles. The largest absolute Gasteiger partial charge is 0.481 e. The normalized spacial score (nSPS) is 21.9. The van der Waals surface area contributed by atoms with E-state index in [0.29, 0.717) is 23.6 Å². The Morgan fingerprint density at radius 3 is 2.71 bits per heavy atom. The van der Waals surface area contributed by atoms with Gasteiger partial charge in [0, 0.05) is 23.1 Å². The standard InChI is InChI=1S/C12H21N3O5S/c1-6(16)9(11(17)18)7-4-8(10(15-7)12(19)20)21-3-2-14-5-13/h5-7,9,12,15-16,19-20H,2-4H2,1H3,(H2,13,14)(H,17,18)/t6-,7-,9-/m1/s1. The van der Waals surface area contributed by atoms with Gasteiger partial charge in [-0.15, -0.1) is 11.8 Å². The van der Waals surface area contributed by atoms with Crippen LogP contribution in [0.15, 0.2) is 15.6 Å². The molecule has 0 unspecified atom stereocenters.